The van der Waals surface area contributed by atoms with E-state index in [4.69, 9.17) is 9.84 Å². The third-order valence-corrected chi connectivity index (χ3v) is 6.65. The molecule has 4 rings (SSSR count). The Balaban J connectivity index is 1.33. The van der Waals surface area contributed by atoms with E-state index in [-0.39, 0.29) is 5.91 Å². The number of piperidine rings is 1. The maximum Gasteiger partial charge on any atom is 0.410 e. The second-order valence-electron chi connectivity index (χ2n) is 8.64. The van der Waals surface area contributed by atoms with E-state index in [9.17, 15) is 9.59 Å². The van der Waals surface area contributed by atoms with Gasteiger partial charge in [-0.05, 0) is 62.1 Å². The number of hydrogen-bond donors (Lipinski definition) is 3. The van der Waals surface area contributed by atoms with E-state index in [1.165, 1.54) is 11.3 Å². The second-order valence-corrected chi connectivity index (χ2v) is 9.50. The molecule has 3 aromatic rings. The number of carboxylic acid groups (broad SMARTS) is 1. The van der Waals surface area contributed by atoms with Crippen LogP contribution in [-0.2, 0) is 6.42 Å². The van der Waals surface area contributed by atoms with Gasteiger partial charge in [0.25, 0.3) is 5.91 Å². The summed E-state index contributed by atoms with van der Waals surface area (Å²) in [4.78, 5) is 34.8. The fourth-order valence-electron chi connectivity index (χ4n) is 3.86. The van der Waals surface area contributed by atoms with Crippen LogP contribution in [0.5, 0.6) is 5.75 Å². The summed E-state index contributed by atoms with van der Waals surface area (Å²) < 4.78 is 5.76. The van der Waals surface area contributed by atoms with Crippen molar-refractivity contribution < 1.29 is 19.4 Å². The Labute approximate surface area is 208 Å². The van der Waals surface area contributed by atoms with Gasteiger partial charge in [0.15, 0.2) is 5.13 Å². The number of carbonyl (C=O) groups excluding carboxylic acids is 1. The van der Waals surface area contributed by atoms with Crippen LogP contribution in [0.3, 0.4) is 0 Å². The number of benzene rings is 1. The van der Waals surface area contributed by atoms with Crippen molar-refractivity contribution in [3.63, 3.8) is 0 Å². The zero-order valence-electron chi connectivity index (χ0n) is 19.8. The Hall–Kier alpha value is -3.66. The highest BCUT2D eigenvalue weighted by Crippen LogP contribution is 2.26. The Morgan fingerprint density at radius 3 is 2.57 bits per heavy atom. The van der Waals surface area contributed by atoms with Crippen LogP contribution in [0.25, 0.3) is 0 Å². The number of hydrogen-bond acceptors (Lipinski definition) is 7. The SMILES string of the molecule is Cc1ccc(C(=O)Nc2ccc(OCCc3csc(NC(=O)O)n3)cc2)c(N2CCC(C)CC2)n1. The minimum atomic E-state index is -1.13. The fourth-order valence-corrected chi connectivity index (χ4v) is 4.59. The molecule has 35 heavy (non-hydrogen) atoms. The van der Waals surface area contributed by atoms with Crippen LogP contribution in [0.4, 0.5) is 21.4 Å². The zero-order valence-corrected chi connectivity index (χ0v) is 20.6. The van der Waals surface area contributed by atoms with Gasteiger partial charge >= 0.3 is 6.09 Å². The van der Waals surface area contributed by atoms with Gasteiger partial charge < -0.3 is 20.1 Å². The van der Waals surface area contributed by atoms with Gasteiger partial charge in [-0.3, -0.25) is 10.1 Å². The Morgan fingerprint density at radius 1 is 1.11 bits per heavy atom. The molecule has 3 heterocycles. The van der Waals surface area contributed by atoms with Crippen molar-refractivity contribution in [1.29, 1.82) is 0 Å². The summed E-state index contributed by atoms with van der Waals surface area (Å²) >= 11 is 1.23. The van der Waals surface area contributed by atoms with Gasteiger partial charge in [0, 0.05) is 36.3 Å². The van der Waals surface area contributed by atoms with Crippen LogP contribution >= 0.6 is 11.3 Å². The summed E-state index contributed by atoms with van der Waals surface area (Å²) in [6, 6.07) is 10.9. The molecule has 1 fully saturated rings. The second kappa shape index (κ2) is 11.2. The number of nitrogens with one attached hydrogen (secondary N) is 2. The molecule has 1 aliphatic heterocycles. The zero-order chi connectivity index (χ0) is 24.8. The molecule has 1 aromatic carbocycles. The average Bonchev–Trinajstić information content (AvgIpc) is 3.27. The molecule has 0 bridgehead atoms. The minimum Gasteiger partial charge on any atom is -0.493 e. The summed E-state index contributed by atoms with van der Waals surface area (Å²) in [6.07, 6.45) is 1.61. The number of ether oxygens (including phenoxy) is 1. The molecule has 0 atom stereocenters. The molecular formula is C25H29N5O4S. The third kappa shape index (κ3) is 6.69. The van der Waals surface area contributed by atoms with Crippen molar-refractivity contribution in [2.45, 2.75) is 33.1 Å². The summed E-state index contributed by atoms with van der Waals surface area (Å²) in [5, 5.41) is 16.1. The summed E-state index contributed by atoms with van der Waals surface area (Å²) in [5.41, 5.74) is 2.90. The smallest absolute Gasteiger partial charge is 0.410 e. The first-order valence-corrected chi connectivity index (χ1v) is 12.5. The average molecular weight is 496 g/mol. The molecule has 0 saturated carbocycles. The number of rotatable bonds is 8. The highest BCUT2D eigenvalue weighted by Gasteiger charge is 2.22. The van der Waals surface area contributed by atoms with Crippen molar-refractivity contribution >= 4 is 40.0 Å². The number of anilines is 3. The lowest BCUT2D eigenvalue weighted by molar-refractivity contribution is 0.102. The highest BCUT2D eigenvalue weighted by molar-refractivity contribution is 7.13. The lowest BCUT2D eigenvalue weighted by Gasteiger charge is -2.32. The van der Waals surface area contributed by atoms with E-state index in [1.807, 2.05) is 19.1 Å². The van der Waals surface area contributed by atoms with Crippen molar-refractivity contribution in [3.8, 4) is 5.75 Å². The fraction of sp³-hybridized carbons (Fsp3) is 0.360. The first-order valence-electron chi connectivity index (χ1n) is 11.6. The number of thiazole rings is 1. The van der Waals surface area contributed by atoms with Crippen LogP contribution in [0.2, 0.25) is 0 Å². The van der Waals surface area contributed by atoms with Crippen molar-refractivity contribution in [1.82, 2.24) is 9.97 Å². The molecule has 2 aromatic heterocycles. The number of aryl methyl sites for hydroxylation is 1. The van der Waals surface area contributed by atoms with E-state index in [2.05, 4.69) is 32.4 Å². The molecule has 0 unspecified atom stereocenters. The van der Waals surface area contributed by atoms with Gasteiger partial charge in [-0.25, -0.2) is 14.8 Å². The Bertz CT molecular complexity index is 1170. The molecule has 0 radical (unpaired) electrons. The summed E-state index contributed by atoms with van der Waals surface area (Å²) in [6.45, 7) is 6.41. The molecular weight excluding hydrogens is 466 g/mol. The minimum absolute atomic E-state index is 0.186. The Kier molecular flexibility index (Phi) is 7.81. The molecule has 2 amide bonds. The van der Waals surface area contributed by atoms with Gasteiger partial charge in [-0.2, -0.15) is 0 Å². The van der Waals surface area contributed by atoms with Crippen LogP contribution in [0.1, 0.15) is 41.5 Å². The molecule has 184 valence electrons. The van der Waals surface area contributed by atoms with Crippen LogP contribution < -0.4 is 20.3 Å². The lowest BCUT2D eigenvalue weighted by atomic mass is 9.99. The largest absolute Gasteiger partial charge is 0.493 e. The van der Waals surface area contributed by atoms with Gasteiger partial charge in [-0.15, -0.1) is 11.3 Å². The van der Waals surface area contributed by atoms with E-state index in [0.29, 0.717) is 41.1 Å². The van der Waals surface area contributed by atoms with Crippen LogP contribution in [0, 0.1) is 12.8 Å². The number of amides is 2. The lowest BCUT2D eigenvalue weighted by Crippen LogP contribution is -2.35. The molecule has 1 aliphatic rings. The third-order valence-electron chi connectivity index (χ3n) is 5.85. The predicted octanol–water partition coefficient (Wildman–Crippen LogP) is 5.05. The van der Waals surface area contributed by atoms with Crippen molar-refractivity contribution in [2.75, 3.05) is 35.2 Å². The number of aromatic nitrogens is 2. The van der Waals surface area contributed by atoms with Gasteiger partial charge in [0.1, 0.15) is 11.6 Å². The van der Waals surface area contributed by atoms with Crippen LogP contribution in [-0.4, -0.2) is 46.8 Å². The number of nitrogens with zero attached hydrogens (tertiary/aromatic N) is 3. The van der Waals surface area contributed by atoms with E-state index in [0.717, 1.165) is 43.1 Å². The highest BCUT2D eigenvalue weighted by atomic mass is 32.1. The van der Waals surface area contributed by atoms with Crippen molar-refractivity contribution in [3.05, 3.63) is 58.7 Å². The standard InChI is InChI=1S/C25H29N5O4S/c1-16-9-12-30(13-10-16)22-21(8-3-17(2)26-22)23(31)27-18-4-6-20(7-5-18)34-14-11-19-15-35-24(28-19)29-25(32)33/h3-8,15-16H,9-14H2,1-2H3,(H,27,31)(H,28,29)(H,32,33). The van der Waals surface area contributed by atoms with E-state index < -0.39 is 6.09 Å². The quantitative estimate of drug-likeness (QED) is 0.400. The first kappa shape index (κ1) is 24.5. The molecule has 3 N–H and O–H groups in total. The predicted molar refractivity (Wildman–Crippen MR) is 137 cm³/mol. The maximum absolute atomic E-state index is 13.1. The molecule has 0 aliphatic carbocycles. The van der Waals surface area contributed by atoms with Gasteiger partial charge in [-0.1, -0.05) is 6.92 Å². The topological polar surface area (TPSA) is 117 Å². The van der Waals surface area contributed by atoms with Gasteiger partial charge in [0.05, 0.1) is 17.9 Å². The number of pyridine rings is 1. The normalized spacial score (nSPS) is 13.9. The van der Waals surface area contributed by atoms with E-state index >= 15 is 0 Å². The maximum atomic E-state index is 13.1. The number of carbonyl (C=O) groups is 2. The van der Waals surface area contributed by atoms with E-state index in [1.54, 1.807) is 29.6 Å². The first-order chi connectivity index (χ1) is 16.9. The molecule has 10 heteroatoms. The monoisotopic (exact) mass is 495 g/mol. The van der Waals surface area contributed by atoms with Crippen molar-refractivity contribution in [2.24, 2.45) is 5.92 Å². The molecule has 0 spiro atoms. The Morgan fingerprint density at radius 2 is 1.86 bits per heavy atom. The summed E-state index contributed by atoms with van der Waals surface area (Å²) in [5.74, 6) is 1.93. The molecule has 9 nitrogen and oxygen atoms in total. The van der Waals surface area contributed by atoms with Gasteiger partial charge in [0.2, 0.25) is 0 Å². The van der Waals surface area contributed by atoms with Crippen LogP contribution in [0.15, 0.2) is 41.8 Å². The molecule has 1 saturated heterocycles. The summed E-state index contributed by atoms with van der Waals surface area (Å²) in [7, 11) is 0.